The molecule has 0 radical (unpaired) electrons. The summed E-state index contributed by atoms with van der Waals surface area (Å²) in [6, 6.07) is 13.0. The van der Waals surface area contributed by atoms with Crippen molar-refractivity contribution in [1.29, 1.82) is 0 Å². The monoisotopic (exact) mass is 353 g/mol. The van der Waals surface area contributed by atoms with Gasteiger partial charge in [-0.1, -0.05) is 35.5 Å². The van der Waals surface area contributed by atoms with Crippen LogP contribution in [-0.4, -0.2) is 40.1 Å². The maximum absolute atomic E-state index is 12.4. The van der Waals surface area contributed by atoms with Crippen molar-refractivity contribution in [3.8, 4) is 11.4 Å². The summed E-state index contributed by atoms with van der Waals surface area (Å²) in [5.74, 6) is 1.23. The number of nitrogens with zero attached hydrogens (tertiary/aromatic N) is 3. The van der Waals surface area contributed by atoms with Crippen molar-refractivity contribution in [2.45, 2.75) is 25.6 Å². The van der Waals surface area contributed by atoms with E-state index in [1.807, 2.05) is 30.3 Å². The summed E-state index contributed by atoms with van der Waals surface area (Å²) >= 11 is 0. The first kappa shape index (κ1) is 16.5. The van der Waals surface area contributed by atoms with Crippen molar-refractivity contribution in [2.75, 3.05) is 13.1 Å². The van der Waals surface area contributed by atoms with Crippen LogP contribution < -0.4 is 0 Å². The van der Waals surface area contributed by atoms with E-state index in [0.29, 0.717) is 30.6 Å². The third-order valence-electron chi connectivity index (χ3n) is 4.34. The van der Waals surface area contributed by atoms with Crippen molar-refractivity contribution in [1.82, 2.24) is 15.0 Å². The van der Waals surface area contributed by atoms with Gasteiger partial charge in [-0.2, -0.15) is 4.98 Å². The van der Waals surface area contributed by atoms with Crippen LogP contribution in [-0.2, 0) is 11.3 Å². The minimum Gasteiger partial charge on any atom is -0.459 e. The van der Waals surface area contributed by atoms with Gasteiger partial charge in [0.25, 0.3) is 11.8 Å². The quantitative estimate of drug-likeness (QED) is 0.701. The highest BCUT2D eigenvalue weighted by atomic mass is 16.5. The molecule has 0 spiro atoms. The second-order valence-electron chi connectivity index (χ2n) is 6.18. The fourth-order valence-electron chi connectivity index (χ4n) is 3.02. The van der Waals surface area contributed by atoms with Crippen molar-refractivity contribution in [3.05, 3.63) is 60.4 Å². The molecule has 26 heavy (non-hydrogen) atoms. The van der Waals surface area contributed by atoms with Crippen LogP contribution in [0.2, 0.25) is 0 Å². The molecular formula is C19H19N3O4. The second-order valence-corrected chi connectivity index (χ2v) is 6.18. The number of hydrogen-bond donors (Lipinski definition) is 0. The molecule has 0 N–H and O–H groups in total. The van der Waals surface area contributed by atoms with Gasteiger partial charge in [0.05, 0.1) is 12.4 Å². The fourth-order valence-corrected chi connectivity index (χ4v) is 3.02. The highest BCUT2D eigenvalue weighted by molar-refractivity contribution is 5.91. The third kappa shape index (κ3) is 3.67. The molecular weight excluding hydrogens is 334 g/mol. The largest absolute Gasteiger partial charge is 0.459 e. The van der Waals surface area contributed by atoms with Gasteiger partial charge < -0.3 is 18.6 Å². The Morgan fingerprint density at radius 1 is 1.23 bits per heavy atom. The molecule has 1 aromatic carbocycles. The Balaban J connectivity index is 1.33. The molecule has 1 amide bonds. The van der Waals surface area contributed by atoms with Gasteiger partial charge in [-0.3, -0.25) is 4.79 Å². The molecule has 0 bridgehead atoms. The lowest BCUT2D eigenvalue weighted by atomic mass is 10.1. The zero-order valence-corrected chi connectivity index (χ0v) is 14.2. The van der Waals surface area contributed by atoms with Crippen molar-refractivity contribution >= 4 is 5.91 Å². The molecule has 0 unspecified atom stereocenters. The Labute approximate surface area is 150 Å². The number of furan rings is 1. The number of likely N-dealkylation sites (tertiary alicyclic amines) is 1. The number of carbonyl (C=O) groups is 1. The van der Waals surface area contributed by atoms with Crippen LogP contribution in [0.3, 0.4) is 0 Å². The molecule has 3 aromatic rings. The lowest BCUT2D eigenvalue weighted by molar-refractivity contribution is -0.0160. The van der Waals surface area contributed by atoms with E-state index in [1.54, 1.807) is 17.0 Å². The number of ether oxygens (including phenoxy) is 1. The topological polar surface area (TPSA) is 81.6 Å². The molecule has 0 aliphatic carbocycles. The van der Waals surface area contributed by atoms with Crippen LogP contribution in [0.4, 0.5) is 0 Å². The van der Waals surface area contributed by atoms with E-state index >= 15 is 0 Å². The number of rotatable bonds is 5. The molecule has 1 saturated heterocycles. The van der Waals surface area contributed by atoms with Gasteiger partial charge in [-0.15, -0.1) is 0 Å². The standard InChI is InChI=1S/C19H19N3O4/c23-19(16-9-5-11-24-16)22-10-4-8-15(12-22)25-13-17-20-18(21-26-17)14-6-2-1-3-7-14/h1-3,5-7,9,11,15H,4,8,10,12-13H2/t15-/m1/s1. The van der Waals surface area contributed by atoms with Crippen LogP contribution >= 0.6 is 0 Å². The Morgan fingerprint density at radius 3 is 2.92 bits per heavy atom. The molecule has 0 saturated carbocycles. The average Bonchev–Trinajstić information content (AvgIpc) is 3.39. The van der Waals surface area contributed by atoms with Crippen LogP contribution in [0, 0.1) is 0 Å². The minimum absolute atomic E-state index is 0.0604. The first-order valence-electron chi connectivity index (χ1n) is 8.62. The molecule has 1 aliphatic rings. The summed E-state index contributed by atoms with van der Waals surface area (Å²) in [6.07, 6.45) is 3.22. The van der Waals surface area contributed by atoms with Gasteiger partial charge in [-0.25, -0.2) is 0 Å². The predicted molar refractivity (Wildman–Crippen MR) is 92.2 cm³/mol. The number of benzene rings is 1. The first-order chi connectivity index (χ1) is 12.8. The van der Waals surface area contributed by atoms with Crippen LogP contribution in [0.5, 0.6) is 0 Å². The Bertz CT molecular complexity index is 845. The van der Waals surface area contributed by atoms with Crippen LogP contribution in [0.25, 0.3) is 11.4 Å². The Hall–Kier alpha value is -2.93. The van der Waals surface area contributed by atoms with E-state index in [9.17, 15) is 4.79 Å². The molecule has 1 aliphatic heterocycles. The van der Waals surface area contributed by atoms with Gasteiger partial charge in [0.2, 0.25) is 5.82 Å². The first-order valence-corrected chi connectivity index (χ1v) is 8.62. The zero-order chi connectivity index (χ0) is 17.8. The summed E-state index contributed by atoms with van der Waals surface area (Å²) in [5.41, 5.74) is 0.899. The minimum atomic E-state index is -0.104. The molecule has 1 fully saturated rings. The van der Waals surface area contributed by atoms with Crippen LogP contribution in [0.1, 0.15) is 29.3 Å². The number of amides is 1. The Kier molecular flexibility index (Phi) is 4.79. The van der Waals surface area contributed by atoms with Crippen molar-refractivity contribution < 1.29 is 18.5 Å². The van der Waals surface area contributed by atoms with Gasteiger partial charge in [-0.05, 0) is 25.0 Å². The van der Waals surface area contributed by atoms with E-state index in [4.69, 9.17) is 13.7 Å². The van der Waals surface area contributed by atoms with Crippen molar-refractivity contribution in [3.63, 3.8) is 0 Å². The Morgan fingerprint density at radius 2 is 2.12 bits per heavy atom. The molecule has 1 atom stereocenters. The summed E-state index contributed by atoms with van der Waals surface area (Å²) in [4.78, 5) is 18.5. The summed E-state index contributed by atoms with van der Waals surface area (Å²) in [7, 11) is 0. The summed E-state index contributed by atoms with van der Waals surface area (Å²) < 4.78 is 16.3. The normalized spacial score (nSPS) is 17.4. The lowest BCUT2D eigenvalue weighted by Crippen LogP contribution is -2.43. The maximum Gasteiger partial charge on any atom is 0.289 e. The molecule has 3 heterocycles. The number of hydrogen-bond acceptors (Lipinski definition) is 6. The van der Waals surface area contributed by atoms with E-state index in [-0.39, 0.29) is 18.6 Å². The number of piperidine rings is 1. The van der Waals surface area contributed by atoms with Crippen LogP contribution in [0.15, 0.2) is 57.7 Å². The van der Waals surface area contributed by atoms with E-state index in [0.717, 1.165) is 18.4 Å². The van der Waals surface area contributed by atoms with Gasteiger partial charge in [0.1, 0.15) is 6.61 Å². The molecule has 4 rings (SSSR count). The van der Waals surface area contributed by atoms with Gasteiger partial charge in [0, 0.05) is 18.7 Å². The SMILES string of the molecule is O=C(c1ccco1)N1CCC[C@@H](OCc2nc(-c3ccccc3)no2)C1. The smallest absolute Gasteiger partial charge is 0.289 e. The van der Waals surface area contributed by atoms with Crippen molar-refractivity contribution in [2.24, 2.45) is 0 Å². The number of carbonyl (C=O) groups excluding carboxylic acids is 1. The highest BCUT2D eigenvalue weighted by Crippen LogP contribution is 2.19. The third-order valence-corrected chi connectivity index (χ3v) is 4.34. The second kappa shape index (κ2) is 7.53. The summed E-state index contributed by atoms with van der Waals surface area (Å²) in [6.45, 7) is 1.46. The molecule has 7 nitrogen and oxygen atoms in total. The maximum atomic E-state index is 12.4. The predicted octanol–water partition coefficient (Wildman–Crippen LogP) is 3.15. The molecule has 134 valence electrons. The lowest BCUT2D eigenvalue weighted by Gasteiger charge is -2.31. The highest BCUT2D eigenvalue weighted by Gasteiger charge is 2.26. The fraction of sp³-hybridized carbons (Fsp3) is 0.316. The molecule has 2 aromatic heterocycles. The summed E-state index contributed by atoms with van der Waals surface area (Å²) in [5, 5.41) is 3.98. The van der Waals surface area contributed by atoms with E-state index in [1.165, 1.54) is 6.26 Å². The average molecular weight is 353 g/mol. The number of aromatic nitrogens is 2. The van der Waals surface area contributed by atoms with E-state index in [2.05, 4.69) is 10.1 Å². The van der Waals surface area contributed by atoms with E-state index < -0.39 is 0 Å². The van der Waals surface area contributed by atoms with Gasteiger partial charge >= 0.3 is 0 Å². The zero-order valence-electron chi connectivity index (χ0n) is 14.2. The van der Waals surface area contributed by atoms with Gasteiger partial charge in [0.15, 0.2) is 5.76 Å². The molecule has 7 heteroatoms.